The summed E-state index contributed by atoms with van der Waals surface area (Å²) in [6, 6.07) is 6.57. The molecule has 4 rings (SSSR count). The van der Waals surface area contributed by atoms with Gasteiger partial charge in [-0.25, -0.2) is 26.8 Å². The van der Waals surface area contributed by atoms with Crippen molar-refractivity contribution in [3.8, 4) is 0 Å². The molecule has 246 valence electrons. The summed E-state index contributed by atoms with van der Waals surface area (Å²) in [4.78, 5) is 8.42. The highest BCUT2D eigenvalue weighted by Crippen LogP contribution is 2.49. The standard InChI is InChI=1S/C25H26F6N6O5S3/c1-44(39,40)37(18-5-3-2-4-6-18)15-19-14-35(45(41,42)21-11-17(32)7-8-20(21)43)9-10-36(19)22-33-12-16(13-34-22)23(38,24(26,27)28)25(29,30)31/h2-7,11-13,19,38H,8-10,14-15,32H2,1H3/t19-/m1/s1. The normalized spacial score (nSPS) is 19.2. The second kappa shape index (κ2) is 12.1. The maximum atomic E-state index is 13.6. The number of nitrogens with zero attached hydrogens (tertiary/aromatic N) is 5. The second-order valence-electron chi connectivity index (χ2n) is 10.2. The zero-order chi connectivity index (χ0) is 33.6. The minimum atomic E-state index is -6.17. The fourth-order valence-corrected chi connectivity index (χ4v) is 7.82. The Balaban J connectivity index is 1.76. The summed E-state index contributed by atoms with van der Waals surface area (Å²) in [7, 11) is -8.30. The molecule has 0 amide bonds. The predicted octanol–water partition coefficient (Wildman–Crippen LogP) is 2.58. The van der Waals surface area contributed by atoms with Gasteiger partial charge in [-0.3, -0.25) is 4.31 Å². The van der Waals surface area contributed by atoms with Gasteiger partial charge in [-0.1, -0.05) is 36.5 Å². The number of nitrogens with two attached hydrogens (primary N) is 1. The van der Waals surface area contributed by atoms with Crippen molar-refractivity contribution >= 4 is 48.8 Å². The third kappa shape index (κ3) is 6.79. The van der Waals surface area contributed by atoms with E-state index in [1.54, 1.807) is 18.2 Å². The molecule has 11 nitrogen and oxygen atoms in total. The smallest absolute Gasteiger partial charge is 0.399 e. The fraction of sp³-hybridized carbons (Fsp3) is 0.400. The van der Waals surface area contributed by atoms with Crippen LogP contribution in [0.4, 0.5) is 38.0 Å². The minimum absolute atomic E-state index is 0.0889. The largest absolute Gasteiger partial charge is 0.430 e. The molecule has 1 aromatic heterocycles. The number of aliphatic hydroxyl groups is 1. The van der Waals surface area contributed by atoms with Crippen LogP contribution in [-0.2, 0) is 25.6 Å². The molecule has 0 radical (unpaired) electrons. The number of alkyl halides is 6. The number of hydrogen-bond acceptors (Lipinski definition) is 10. The zero-order valence-electron chi connectivity index (χ0n) is 23.2. The van der Waals surface area contributed by atoms with Crippen molar-refractivity contribution < 1.29 is 48.3 Å². The van der Waals surface area contributed by atoms with Crippen molar-refractivity contribution in [1.82, 2.24) is 14.3 Å². The lowest BCUT2D eigenvalue weighted by Gasteiger charge is -2.43. The molecule has 0 bridgehead atoms. The van der Waals surface area contributed by atoms with E-state index in [0.29, 0.717) is 0 Å². The summed E-state index contributed by atoms with van der Waals surface area (Å²) in [6.07, 6.45) is -8.29. The van der Waals surface area contributed by atoms with Crippen LogP contribution in [0.5, 0.6) is 0 Å². The Bertz CT molecular complexity index is 1700. The molecule has 1 atom stereocenters. The van der Waals surface area contributed by atoms with E-state index in [2.05, 4.69) is 9.97 Å². The van der Waals surface area contributed by atoms with Crippen LogP contribution < -0.4 is 14.9 Å². The number of benzene rings is 1. The molecule has 20 heteroatoms. The average molecular weight is 701 g/mol. The van der Waals surface area contributed by atoms with Gasteiger partial charge in [0.15, 0.2) is 0 Å². The van der Waals surface area contributed by atoms with Crippen LogP contribution in [0.1, 0.15) is 12.0 Å². The highest BCUT2D eigenvalue weighted by Gasteiger charge is 2.71. The van der Waals surface area contributed by atoms with Crippen molar-refractivity contribution in [3.05, 3.63) is 71.0 Å². The van der Waals surface area contributed by atoms with Crippen molar-refractivity contribution in [2.45, 2.75) is 30.4 Å². The van der Waals surface area contributed by atoms with E-state index in [-0.39, 0.29) is 53.1 Å². The zero-order valence-corrected chi connectivity index (χ0v) is 25.6. The van der Waals surface area contributed by atoms with Gasteiger partial charge >= 0.3 is 12.4 Å². The van der Waals surface area contributed by atoms with Crippen LogP contribution in [-0.4, -0.2) is 91.9 Å². The molecule has 0 unspecified atom stereocenters. The SMILES string of the molecule is CS(=O)(=O)N(C[C@H]1CN(S(=O)(=O)C2=CC(N)=CCC2=S)CCN1c1ncc(C(O)(C(F)(F)F)C(F)(F)F)cn1)c1ccccc1. The molecule has 2 aliphatic rings. The maximum Gasteiger partial charge on any atom is 0.430 e. The monoisotopic (exact) mass is 700 g/mol. The molecule has 0 spiro atoms. The molecule has 1 aliphatic heterocycles. The van der Waals surface area contributed by atoms with Crippen LogP contribution in [0.15, 0.2) is 65.5 Å². The average Bonchev–Trinajstić information content (AvgIpc) is 2.95. The van der Waals surface area contributed by atoms with Gasteiger partial charge < -0.3 is 15.7 Å². The number of sulfonamides is 2. The fourth-order valence-electron chi connectivity index (χ4n) is 4.79. The number of allylic oxidation sites excluding steroid dienone is 3. The molecule has 2 aromatic rings. The van der Waals surface area contributed by atoms with Gasteiger partial charge in [-0.05, 0) is 18.2 Å². The minimum Gasteiger partial charge on any atom is -0.399 e. The number of piperazine rings is 1. The molecule has 3 N–H and O–H groups in total. The Morgan fingerprint density at radius 2 is 1.60 bits per heavy atom. The molecule has 1 aromatic carbocycles. The number of anilines is 2. The number of thiocarbonyl (C=S) groups is 1. The first kappa shape index (κ1) is 34.5. The van der Waals surface area contributed by atoms with Crippen molar-refractivity contribution in [2.75, 3.05) is 41.6 Å². The van der Waals surface area contributed by atoms with E-state index in [4.69, 9.17) is 18.0 Å². The molecular formula is C25H26F6N6O5S3. The Labute approximate surface area is 259 Å². The molecule has 1 saturated heterocycles. The van der Waals surface area contributed by atoms with Gasteiger partial charge in [0.1, 0.15) is 0 Å². The maximum absolute atomic E-state index is 13.6. The van der Waals surface area contributed by atoms with Gasteiger partial charge in [0.05, 0.1) is 29.4 Å². The van der Waals surface area contributed by atoms with Crippen molar-refractivity contribution in [2.24, 2.45) is 5.73 Å². The molecule has 0 saturated carbocycles. The summed E-state index contributed by atoms with van der Waals surface area (Å²) in [5.41, 5.74) is -0.808. The number of aromatic nitrogens is 2. The lowest BCUT2D eigenvalue weighted by Crippen LogP contribution is -2.59. The third-order valence-corrected chi connectivity index (χ3v) is 10.7. The van der Waals surface area contributed by atoms with Crippen LogP contribution in [0.25, 0.3) is 0 Å². The quantitative estimate of drug-likeness (QED) is 0.311. The number of rotatable bonds is 8. The lowest BCUT2D eigenvalue weighted by molar-refractivity contribution is -0.376. The number of hydrogen-bond donors (Lipinski definition) is 2. The molecule has 1 fully saturated rings. The van der Waals surface area contributed by atoms with Gasteiger partial charge in [0.2, 0.25) is 26.0 Å². The Kier molecular flexibility index (Phi) is 9.30. The van der Waals surface area contributed by atoms with Crippen molar-refractivity contribution in [3.63, 3.8) is 0 Å². The Hall–Kier alpha value is -3.33. The summed E-state index contributed by atoms with van der Waals surface area (Å²) < 4.78 is 135. The molecule has 45 heavy (non-hydrogen) atoms. The summed E-state index contributed by atoms with van der Waals surface area (Å²) in [5, 5.41) is 9.71. The van der Waals surface area contributed by atoms with Gasteiger partial charge in [0, 0.05) is 54.6 Å². The van der Waals surface area contributed by atoms with E-state index < -0.39 is 68.6 Å². The first-order valence-electron chi connectivity index (χ1n) is 12.9. The highest BCUT2D eigenvalue weighted by molar-refractivity contribution is 7.96. The van der Waals surface area contributed by atoms with Crippen LogP contribution in [0.3, 0.4) is 0 Å². The molecule has 1 aliphatic carbocycles. The summed E-state index contributed by atoms with van der Waals surface area (Å²) in [6.45, 7) is -1.37. The number of para-hydroxylation sites is 1. The van der Waals surface area contributed by atoms with E-state index in [1.165, 1.54) is 29.2 Å². The van der Waals surface area contributed by atoms with E-state index in [9.17, 15) is 48.3 Å². The summed E-state index contributed by atoms with van der Waals surface area (Å²) >= 11 is 5.23. The predicted molar refractivity (Wildman–Crippen MR) is 156 cm³/mol. The van der Waals surface area contributed by atoms with Gasteiger partial charge in [0.25, 0.3) is 5.60 Å². The van der Waals surface area contributed by atoms with E-state index in [1.807, 2.05) is 0 Å². The Morgan fingerprint density at radius 3 is 2.13 bits per heavy atom. The van der Waals surface area contributed by atoms with Crippen LogP contribution in [0, 0.1) is 0 Å². The van der Waals surface area contributed by atoms with Crippen molar-refractivity contribution in [1.29, 1.82) is 0 Å². The first-order valence-corrected chi connectivity index (χ1v) is 16.6. The highest BCUT2D eigenvalue weighted by atomic mass is 32.2. The van der Waals surface area contributed by atoms with Crippen LogP contribution in [0.2, 0.25) is 0 Å². The molecule has 2 heterocycles. The second-order valence-corrected chi connectivity index (χ2v) is 14.5. The van der Waals surface area contributed by atoms with Crippen LogP contribution >= 0.6 is 12.2 Å². The van der Waals surface area contributed by atoms with Gasteiger partial charge in [-0.2, -0.15) is 30.6 Å². The van der Waals surface area contributed by atoms with E-state index in [0.717, 1.165) is 14.9 Å². The Morgan fingerprint density at radius 1 is 1.02 bits per heavy atom. The lowest BCUT2D eigenvalue weighted by atomic mass is 9.95. The summed E-state index contributed by atoms with van der Waals surface area (Å²) in [5.74, 6) is -0.436. The van der Waals surface area contributed by atoms with Gasteiger partial charge in [-0.15, -0.1) is 0 Å². The molecular weight excluding hydrogens is 675 g/mol. The van der Waals surface area contributed by atoms with E-state index >= 15 is 0 Å². The third-order valence-electron chi connectivity index (χ3n) is 7.11. The first-order chi connectivity index (χ1) is 20.7. The number of halogens is 6. The topological polar surface area (TPSA) is 150 Å².